The number of aromatic nitrogens is 4. The summed E-state index contributed by atoms with van der Waals surface area (Å²) in [5.74, 6) is -1.40. The van der Waals surface area contributed by atoms with Crippen LogP contribution in [-0.2, 0) is 4.79 Å². The van der Waals surface area contributed by atoms with Crippen molar-refractivity contribution in [2.24, 2.45) is 0 Å². The molecule has 0 saturated heterocycles. The molecule has 9 nitrogen and oxygen atoms in total. The predicted octanol–water partition coefficient (Wildman–Crippen LogP) is 1.45. The number of nitrogens with zero attached hydrogens (tertiary/aromatic N) is 4. The third-order valence-corrected chi connectivity index (χ3v) is 4.63. The monoisotopic (exact) mass is 402 g/mol. The Kier molecular flexibility index (Phi) is 5.84. The van der Waals surface area contributed by atoms with Gasteiger partial charge in [-0.3, -0.25) is 20.4 Å². The lowest BCUT2D eigenvalue weighted by Gasteiger charge is -2.12. The number of amides is 2. The van der Waals surface area contributed by atoms with Gasteiger partial charge in [-0.25, -0.2) is 4.39 Å². The minimum Gasteiger partial charge on any atom is -0.508 e. The number of rotatable bonds is 5. The molecule has 0 radical (unpaired) electrons. The van der Waals surface area contributed by atoms with Crippen LogP contribution in [0.3, 0.4) is 0 Å². The van der Waals surface area contributed by atoms with E-state index in [1.807, 2.05) is 0 Å². The molecule has 0 aliphatic carbocycles. The fourth-order valence-corrected chi connectivity index (χ4v) is 2.92. The van der Waals surface area contributed by atoms with E-state index in [-0.39, 0.29) is 11.3 Å². The minimum atomic E-state index is -0.629. The first kappa shape index (κ1) is 19.3. The van der Waals surface area contributed by atoms with Crippen LogP contribution in [0.2, 0.25) is 0 Å². The Hall–Kier alpha value is -3.47. The van der Waals surface area contributed by atoms with Gasteiger partial charge in [0.2, 0.25) is 5.16 Å². The summed E-state index contributed by atoms with van der Waals surface area (Å²) in [6.45, 7) is 1.62. The van der Waals surface area contributed by atoms with Crippen LogP contribution in [-0.4, -0.2) is 42.4 Å². The van der Waals surface area contributed by atoms with Gasteiger partial charge in [0.15, 0.2) is 0 Å². The van der Waals surface area contributed by atoms with Crippen molar-refractivity contribution in [2.75, 3.05) is 0 Å². The molecule has 0 spiro atoms. The molecule has 2 aromatic carbocycles. The Labute approximate surface area is 162 Å². The molecule has 0 bridgehead atoms. The number of phenolic OH excluding ortho intramolecular Hbond substituents is 1. The summed E-state index contributed by atoms with van der Waals surface area (Å²) >= 11 is 1.08. The molecule has 0 saturated carbocycles. The van der Waals surface area contributed by atoms with E-state index in [0.717, 1.165) is 23.9 Å². The Morgan fingerprint density at radius 3 is 2.46 bits per heavy atom. The molecule has 1 atom stereocenters. The Morgan fingerprint density at radius 2 is 1.79 bits per heavy atom. The van der Waals surface area contributed by atoms with E-state index in [2.05, 4.69) is 26.4 Å². The number of carbonyl (C=O) groups is 2. The Bertz CT molecular complexity index is 977. The molecule has 0 aliphatic heterocycles. The van der Waals surface area contributed by atoms with E-state index < -0.39 is 22.9 Å². The molecule has 144 valence electrons. The summed E-state index contributed by atoms with van der Waals surface area (Å²) in [4.78, 5) is 24.2. The van der Waals surface area contributed by atoms with Crippen LogP contribution < -0.4 is 10.9 Å². The number of halogens is 1. The Morgan fingerprint density at radius 1 is 1.11 bits per heavy atom. The third-order valence-electron chi connectivity index (χ3n) is 3.59. The van der Waals surface area contributed by atoms with Gasteiger partial charge in [-0.1, -0.05) is 11.8 Å². The third kappa shape index (κ3) is 4.62. The van der Waals surface area contributed by atoms with E-state index in [4.69, 9.17) is 0 Å². The first-order valence-corrected chi connectivity index (χ1v) is 8.92. The van der Waals surface area contributed by atoms with E-state index in [9.17, 15) is 19.1 Å². The van der Waals surface area contributed by atoms with Crippen molar-refractivity contribution in [1.82, 2.24) is 31.1 Å². The van der Waals surface area contributed by atoms with Crippen LogP contribution in [0.25, 0.3) is 5.69 Å². The van der Waals surface area contributed by atoms with Gasteiger partial charge in [0.25, 0.3) is 11.8 Å². The molecule has 2 amide bonds. The highest BCUT2D eigenvalue weighted by atomic mass is 32.2. The highest BCUT2D eigenvalue weighted by Gasteiger charge is 2.20. The van der Waals surface area contributed by atoms with Crippen molar-refractivity contribution in [1.29, 1.82) is 0 Å². The molecular weight excluding hydrogens is 387 g/mol. The zero-order valence-corrected chi connectivity index (χ0v) is 15.4. The highest BCUT2D eigenvalue weighted by molar-refractivity contribution is 8.00. The van der Waals surface area contributed by atoms with Gasteiger partial charge in [-0.15, -0.1) is 5.10 Å². The van der Waals surface area contributed by atoms with Crippen molar-refractivity contribution >= 4 is 23.6 Å². The van der Waals surface area contributed by atoms with Crippen LogP contribution >= 0.6 is 11.8 Å². The van der Waals surface area contributed by atoms with Crippen LogP contribution in [0, 0.1) is 5.82 Å². The van der Waals surface area contributed by atoms with Crippen LogP contribution in [0.15, 0.2) is 53.7 Å². The number of hydrogen-bond acceptors (Lipinski definition) is 7. The number of thioether (sulfide) groups is 1. The lowest BCUT2D eigenvalue weighted by Crippen LogP contribution is -2.45. The second-order valence-electron chi connectivity index (χ2n) is 5.60. The maximum absolute atomic E-state index is 12.9. The first-order valence-electron chi connectivity index (χ1n) is 8.04. The van der Waals surface area contributed by atoms with Gasteiger partial charge in [0, 0.05) is 5.56 Å². The lowest BCUT2D eigenvalue weighted by atomic mass is 10.2. The van der Waals surface area contributed by atoms with Gasteiger partial charge in [-0.2, -0.15) is 4.68 Å². The largest absolute Gasteiger partial charge is 0.508 e. The maximum atomic E-state index is 12.9. The molecule has 0 unspecified atom stereocenters. The molecule has 28 heavy (non-hydrogen) atoms. The van der Waals surface area contributed by atoms with E-state index in [1.54, 1.807) is 19.1 Å². The van der Waals surface area contributed by atoms with Crippen molar-refractivity contribution in [2.45, 2.75) is 17.3 Å². The number of nitrogens with one attached hydrogen (secondary N) is 2. The van der Waals surface area contributed by atoms with Crippen LogP contribution in [0.4, 0.5) is 4.39 Å². The summed E-state index contributed by atoms with van der Waals surface area (Å²) in [5.41, 5.74) is 5.40. The van der Waals surface area contributed by atoms with Crippen molar-refractivity contribution < 1.29 is 19.1 Å². The van der Waals surface area contributed by atoms with E-state index in [1.165, 1.54) is 28.9 Å². The summed E-state index contributed by atoms with van der Waals surface area (Å²) in [7, 11) is 0. The van der Waals surface area contributed by atoms with Crippen LogP contribution in [0.1, 0.15) is 17.3 Å². The molecule has 3 rings (SSSR count). The smallest absolute Gasteiger partial charge is 0.269 e. The fraction of sp³-hybridized carbons (Fsp3) is 0.118. The number of benzene rings is 2. The number of phenols is 1. The standard InChI is InChI=1S/C17H15FN6O3S/c1-10(15(26)19-20-16(27)11-2-4-12(18)5-3-11)28-17-21-22-23-24(17)13-6-8-14(25)9-7-13/h2-10,25H,1H3,(H,19,26)(H,20,27)/t10-/m1/s1. The molecule has 3 aromatic rings. The average molecular weight is 402 g/mol. The summed E-state index contributed by atoms with van der Waals surface area (Å²) in [6, 6.07) is 11.2. The van der Waals surface area contributed by atoms with Gasteiger partial charge in [0.1, 0.15) is 11.6 Å². The van der Waals surface area contributed by atoms with Gasteiger partial charge < -0.3 is 5.11 Å². The van der Waals surface area contributed by atoms with Crippen molar-refractivity contribution in [3.05, 3.63) is 59.9 Å². The minimum absolute atomic E-state index is 0.107. The summed E-state index contributed by atoms with van der Waals surface area (Å²) in [5, 5.41) is 20.5. The molecule has 11 heteroatoms. The number of hydrogen-bond donors (Lipinski definition) is 3. The van der Waals surface area contributed by atoms with Crippen molar-refractivity contribution in [3.8, 4) is 11.4 Å². The Balaban J connectivity index is 1.59. The normalized spacial score (nSPS) is 11.6. The van der Waals surface area contributed by atoms with E-state index in [0.29, 0.717) is 10.8 Å². The molecule has 0 aliphatic rings. The van der Waals surface area contributed by atoms with Gasteiger partial charge >= 0.3 is 0 Å². The zero-order chi connectivity index (χ0) is 20.1. The number of carbonyl (C=O) groups excluding carboxylic acids is 2. The molecular formula is C17H15FN6O3S. The summed E-state index contributed by atoms with van der Waals surface area (Å²) < 4.78 is 14.3. The van der Waals surface area contributed by atoms with E-state index >= 15 is 0 Å². The molecule has 3 N–H and O–H groups in total. The predicted molar refractivity (Wildman–Crippen MR) is 98.1 cm³/mol. The fourth-order valence-electron chi connectivity index (χ4n) is 2.11. The van der Waals surface area contributed by atoms with Crippen LogP contribution in [0.5, 0.6) is 5.75 Å². The second-order valence-corrected chi connectivity index (χ2v) is 6.91. The van der Waals surface area contributed by atoms with Gasteiger partial charge in [0.05, 0.1) is 10.9 Å². The number of tetrazole rings is 1. The topological polar surface area (TPSA) is 122 Å². The quantitative estimate of drug-likeness (QED) is 0.436. The molecule has 0 fully saturated rings. The summed E-state index contributed by atoms with van der Waals surface area (Å²) in [6.07, 6.45) is 0. The average Bonchev–Trinajstić information content (AvgIpc) is 3.15. The molecule has 1 heterocycles. The van der Waals surface area contributed by atoms with Crippen molar-refractivity contribution in [3.63, 3.8) is 0 Å². The first-order chi connectivity index (χ1) is 13.4. The second kappa shape index (κ2) is 8.48. The maximum Gasteiger partial charge on any atom is 0.269 e. The SMILES string of the molecule is C[C@@H](Sc1nnnn1-c1ccc(O)cc1)C(=O)NNC(=O)c1ccc(F)cc1. The lowest BCUT2D eigenvalue weighted by molar-refractivity contribution is -0.121. The number of aromatic hydroxyl groups is 1. The number of hydrazine groups is 1. The zero-order valence-electron chi connectivity index (χ0n) is 14.5. The molecule has 1 aromatic heterocycles. The highest BCUT2D eigenvalue weighted by Crippen LogP contribution is 2.23. The van der Waals surface area contributed by atoms with Gasteiger partial charge in [-0.05, 0) is 65.9 Å².